The van der Waals surface area contributed by atoms with Crippen LogP contribution in [0, 0.1) is 13.8 Å². The summed E-state index contributed by atoms with van der Waals surface area (Å²) in [5.41, 5.74) is 5.28. The highest BCUT2D eigenvalue weighted by Crippen LogP contribution is 2.26. The zero-order valence-electron chi connectivity index (χ0n) is 28.9. The van der Waals surface area contributed by atoms with Gasteiger partial charge in [-0.05, 0) is 133 Å². The molecule has 0 atom stereocenters. The van der Waals surface area contributed by atoms with Gasteiger partial charge in [0.2, 0.25) is 0 Å². The van der Waals surface area contributed by atoms with Crippen LogP contribution in [0.4, 0.5) is 32.3 Å². The number of hydrogen-bond donors (Lipinski definition) is 4. The van der Waals surface area contributed by atoms with Gasteiger partial charge < -0.3 is 29.6 Å². The van der Waals surface area contributed by atoms with Crippen molar-refractivity contribution in [1.82, 2.24) is 0 Å². The third kappa shape index (κ3) is 9.82. The molecule has 4 amide bonds. The lowest BCUT2D eigenvalue weighted by Gasteiger charge is -2.11. The molecule has 6 aromatic carbocycles. The Bertz CT molecular complexity index is 2330. The second-order valence-corrected chi connectivity index (χ2v) is 15.2. The second-order valence-electron chi connectivity index (χ2n) is 12.1. The van der Waals surface area contributed by atoms with Crippen molar-refractivity contribution < 1.29 is 34.8 Å². The van der Waals surface area contributed by atoms with Gasteiger partial charge in [0.25, 0.3) is 0 Å². The van der Waals surface area contributed by atoms with Gasteiger partial charge in [0.1, 0.15) is 21.3 Å². The molecule has 14 heteroatoms. The van der Waals surface area contributed by atoms with Crippen LogP contribution < -0.4 is 29.6 Å². The van der Waals surface area contributed by atoms with E-state index < -0.39 is 32.3 Å². The van der Waals surface area contributed by atoms with E-state index in [1.165, 1.54) is 72.8 Å². The zero-order chi connectivity index (χ0) is 38.3. The summed E-state index contributed by atoms with van der Waals surface area (Å²) >= 11 is 0. The number of aryl methyl sites for hydroxylation is 2. The van der Waals surface area contributed by atoms with Crippen molar-refractivity contribution in [2.75, 3.05) is 21.3 Å². The third-order valence-corrected chi connectivity index (χ3v) is 10.3. The Hall–Kier alpha value is -6.64. The Morgan fingerprint density at radius 2 is 0.722 bits per heavy atom. The monoisotopic (exact) mass is 762 g/mol. The molecular formula is C40H34N4O8S2. The van der Waals surface area contributed by atoms with E-state index in [0.29, 0.717) is 22.7 Å². The van der Waals surface area contributed by atoms with Crippen LogP contribution in [0.3, 0.4) is 0 Å². The molecule has 6 aromatic rings. The summed E-state index contributed by atoms with van der Waals surface area (Å²) in [5, 5.41) is 10.9. The van der Waals surface area contributed by atoms with Crippen LogP contribution in [-0.2, 0) is 20.2 Å². The summed E-state index contributed by atoms with van der Waals surface area (Å²) in [4.78, 5) is 25.3. The predicted molar refractivity (Wildman–Crippen MR) is 208 cm³/mol. The Kier molecular flexibility index (Phi) is 11.0. The SMILES string of the molecule is Cc1cccc(S(=O)(=O)Oc2ccc(NC(=O)Nc3ccc(-c4ccc(NC(=O)Nc5ccc(OS(=O)(=O)c6cccc(C)c6)cc5)cc4)cc3)cc2)c1. The van der Waals surface area contributed by atoms with Crippen LogP contribution in [0.2, 0.25) is 0 Å². The third-order valence-electron chi connectivity index (χ3n) is 7.81. The lowest BCUT2D eigenvalue weighted by molar-refractivity contribution is 0.261. The first kappa shape index (κ1) is 37.1. The fraction of sp³-hybridized carbons (Fsp3) is 0.0500. The van der Waals surface area contributed by atoms with Crippen LogP contribution in [0.1, 0.15) is 11.1 Å². The van der Waals surface area contributed by atoms with Crippen LogP contribution in [0.5, 0.6) is 11.5 Å². The molecule has 6 rings (SSSR count). The average Bonchev–Trinajstić information content (AvgIpc) is 3.14. The summed E-state index contributed by atoms with van der Waals surface area (Å²) < 4.78 is 60.8. The van der Waals surface area contributed by atoms with Crippen molar-refractivity contribution in [3.63, 3.8) is 0 Å². The molecule has 0 aliphatic rings. The molecule has 12 nitrogen and oxygen atoms in total. The normalized spacial score (nSPS) is 11.2. The van der Waals surface area contributed by atoms with Gasteiger partial charge in [0.15, 0.2) is 0 Å². The Morgan fingerprint density at radius 1 is 0.426 bits per heavy atom. The molecule has 0 unspecified atom stereocenters. The number of benzene rings is 6. The maximum atomic E-state index is 12.6. The fourth-order valence-corrected chi connectivity index (χ4v) is 7.23. The highest BCUT2D eigenvalue weighted by Gasteiger charge is 2.18. The predicted octanol–water partition coefficient (Wildman–Crippen LogP) is 8.79. The number of amides is 4. The highest BCUT2D eigenvalue weighted by atomic mass is 32.2. The van der Waals surface area contributed by atoms with Gasteiger partial charge in [0.05, 0.1) is 0 Å². The Morgan fingerprint density at radius 3 is 1.02 bits per heavy atom. The maximum absolute atomic E-state index is 12.6. The number of anilines is 4. The molecule has 4 N–H and O–H groups in total. The molecular weight excluding hydrogens is 729 g/mol. The number of carbonyl (C=O) groups excluding carboxylic acids is 2. The first-order valence-corrected chi connectivity index (χ1v) is 19.2. The molecule has 274 valence electrons. The van der Waals surface area contributed by atoms with Crippen molar-refractivity contribution in [2.45, 2.75) is 23.6 Å². The van der Waals surface area contributed by atoms with Gasteiger partial charge in [-0.15, -0.1) is 0 Å². The van der Waals surface area contributed by atoms with Gasteiger partial charge in [-0.1, -0.05) is 48.5 Å². The topological polar surface area (TPSA) is 169 Å². The lowest BCUT2D eigenvalue weighted by Crippen LogP contribution is -2.19. The van der Waals surface area contributed by atoms with Gasteiger partial charge >= 0.3 is 32.3 Å². The minimum absolute atomic E-state index is 0.0507. The molecule has 0 bridgehead atoms. The molecule has 0 radical (unpaired) electrons. The molecule has 0 spiro atoms. The standard InChI is InChI=1S/C40H34N4O8S2/c1-27-5-3-7-37(25-27)53(47,48)51-35-21-17-33(18-22-35)43-39(45)41-31-13-9-29(10-14-31)30-11-15-32(16-12-30)42-40(46)44-34-19-23-36(24-20-34)52-54(49,50)38-8-4-6-28(2)26-38/h3-26H,1-2H3,(H2,41,43,45)(H2,42,44,46). The van der Waals surface area contributed by atoms with E-state index in [-0.39, 0.29) is 21.3 Å². The van der Waals surface area contributed by atoms with Crippen LogP contribution in [0.15, 0.2) is 155 Å². The van der Waals surface area contributed by atoms with E-state index in [2.05, 4.69) is 21.3 Å². The summed E-state index contributed by atoms with van der Waals surface area (Å²) in [6.07, 6.45) is 0. The molecule has 0 saturated heterocycles. The minimum Gasteiger partial charge on any atom is -0.379 e. The smallest absolute Gasteiger partial charge is 0.339 e. The molecule has 0 fully saturated rings. The quantitative estimate of drug-likeness (QED) is 0.0950. The molecule has 0 aliphatic heterocycles. The van der Waals surface area contributed by atoms with E-state index in [9.17, 15) is 26.4 Å². The lowest BCUT2D eigenvalue weighted by atomic mass is 10.1. The molecule has 54 heavy (non-hydrogen) atoms. The Balaban J connectivity index is 0.965. The molecule has 0 heterocycles. The highest BCUT2D eigenvalue weighted by molar-refractivity contribution is 7.87. The molecule has 0 aliphatic carbocycles. The number of carbonyl (C=O) groups is 2. The number of rotatable bonds is 11. The van der Waals surface area contributed by atoms with Crippen molar-refractivity contribution in [1.29, 1.82) is 0 Å². The summed E-state index contributed by atoms with van der Waals surface area (Å²) in [7, 11) is -8.00. The Labute approximate surface area is 313 Å². The number of nitrogens with one attached hydrogen (secondary N) is 4. The number of urea groups is 2. The van der Waals surface area contributed by atoms with Crippen molar-refractivity contribution in [3.05, 3.63) is 157 Å². The van der Waals surface area contributed by atoms with Gasteiger partial charge in [-0.3, -0.25) is 0 Å². The average molecular weight is 763 g/mol. The molecule has 0 saturated carbocycles. The molecule has 0 aromatic heterocycles. The van der Waals surface area contributed by atoms with Gasteiger partial charge in [-0.2, -0.15) is 16.8 Å². The zero-order valence-corrected chi connectivity index (χ0v) is 30.6. The summed E-state index contributed by atoms with van der Waals surface area (Å²) in [6.45, 7) is 3.58. The summed E-state index contributed by atoms with van der Waals surface area (Å²) in [6, 6.07) is 38.1. The van der Waals surface area contributed by atoms with E-state index in [0.717, 1.165) is 22.3 Å². The minimum atomic E-state index is -4.00. The van der Waals surface area contributed by atoms with E-state index >= 15 is 0 Å². The number of hydrogen-bond acceptors (Lipinski definition) is 8. The first-order chi connectivity index (χ1) is 25.8. The van der Waals surface area contributed by atoms with Crippen LogP contribution >= 0.6 is 0 Å². The van der Waals surface area contributed by atoms with Gasteiger partial charge in [-0.25, -0.2) is 9.59 Å². The van der Waals surface area contributed by atoms with Crippen molar-refractivity contribution in [2.24, 2.45) is 0 Å². The van der Waals surface area contributed by atoms with Gasteiger partial charge in [0, 0.05) is 22.7 Å². The van der Waals surface area contributed by atoms with Crippen LogP contribution in [-0.4, -0.2) is 28.9 Å². The van der Waals surface area contributed by atoms with E-state index in [1.54, 1.807) is 62.4 Å². The summed E-state index contributed by atoms with van der Waals surface area (Å²) in [5.74, 6) is 0.213. The van der Waals surface area contributed by atoms with Crippen LogP contribution in [0.25, 0.3) is 11.1 Å². The maximum Gasteiger partial charge on any atom is 0.339 e. The largest absolute Gasteiger partial charge is 0.379 e. The van der Waals surface area contributed by atoms with Crippen molar-refractivity contribution in [3.8, 4) is 22.6 Å². The van der Waals surface area contributed by atoms with E-state index in [4.69, 9.17) is 8.37 Å². The second kappa shape index (κ2) is 15.9. The first-order valence-electron chi connectivity index (χ1n) is 16.4. The fourth-order valence-electron chi connectivity index (χ4n) is 5.16. The van der Waals surface area contributed by atoms with Crippen molar-refractivity contribution >= 4 is 55.0 Å². The van der Waals surface area contributed by atoms with E-state index in [1.807, 2.05) is 24.3 Å².